The zero-order valence-corrected chi connectivity index (χ0v) is 8.15. The molecular weight excluding hydrogens is 192 g/mol. The maximum Gasteiger partial charge on any atom is 0.307 e. The van der Waals surface area contributed by atoms with Gasteiger partial charge >= 0.3 is 5.97 Å². The van der Waals surface area contributed by atoms with Gasteiger partial charge in [0.05, 0.1) is 24.9 Å². The van der Waals surface area contributed by atoms with Crippen molar-refractivity contribution in [2.45, 2.75) is 12.8 Å². The topological polar surface area (TPSA) is 81.4 Å². The lowest BCUT2D eigenvalue weighted by Gasteiger charge is -2.02. The number of ether oxygens (including phenoxy) is 1. The number of hydrogen-bond acceptors (Lipinski definition) is 4. The molecule has 5 nitrogen and oxygen atoms in total. The molecule has 0 saturated carbocycles. The van der Waals surface area contributed by atoms with Gasteiger partial charge in [0.25, 0.3) is 0 Å². The van der Waals surface area contributed by atoms with Crippen molar-refractivity contribution in [1.82, 2.24) is 5.32 Å². The van der Waals surface area contributed by atoms with Crippen molar-refractivity contribution >= 4 is 29.1 Å². The molecule has 0 aromatic carbocycles. The van der Waals surface area contributed by atoms with Crippen LogP contribution in [0.3, 0.4) is 0 Å². The SMILES string of the molecule is COC(=O)CCNC(=O)CC(N)=S. The van der Waals surface area contributed by atoms with Gasteiger partial charge < -0.3 is 15.8 Å². The largest absolute Gasteiger partial charge is 0.469 e. The van der Waals surface area contributed by atoms with E-state index in [1.54, 1.807) is 0 Å². The lowest BCUT2D eigenvalue weighted by Crippen LogP contribution is -2.29. The van der Waals surface area contributed by atoms with Gasteiger partial charge in [-0.15, -0.1) is 0 Å². The Morgan fingerprint density at radius 1 is 1.54 bits per heavy atom. The fourth-order valence-electron chi connectivity index (χ4n) is 0.627. The van der Waals surface area contributed by atoms with E-state index in [0.717, 1.165) is 0 Å². The number of amides is 1. The third-order valence-electron chi connectivity index (χ3n) is 1.21. The maximum atomic E-state index is 10.9. The van der Waals surface area contributed by atoms with E-state index in [9.17, 15) is 9.59 Å². The summed E-state index contributed by atoms with van der Waals surface area (Å²) in [5.74, 6) is -0.646. The van der Waals surface area contributed by atoms with Crippen LogP contribution in [-0.2, 0) is 14.3 Å². The molecule has 0 bridgehead atoms. The number of carbonyl (C=O) groups is 2. The van der Waals surface area contributed by atoms with E-state index < -0.39 is 0 Å². The van der Waals surface area contributed by atoms with Crippen LogP contribution in [0.25, 0.3) is 0 Å². The summed E-state index contributed by atoms with van der Waals surface area (Å²) in [6.45, 7) is 0.244. The van der Waals surface area contributed by atoms with Gasteiger partial charge in [-0.25, -0.2) is 0 Å². The normalized spacial score (nSPS) is 9.00. The molecule has 1 amide bonds. The molecule has 0 aromatic rings. The summed E-state index contributed by atoms with van der Waals surface area (Å²) in [5, 5.41) is 2.47. The van der Waals surface area contributed by atoms with E-state index in [4.69, 9.17) is 5.73 Å². The Morgan fingerprint density at radius 2 is 2.15 bits per heavy atom. The first-order valence-electron chi connectivity index (χ1n) is 3.68. The van der Waals surface area contributed by atoms with Crippen molar-refractivity contribution in [2.24, 2.45) is 5.73 Å². The second-order valence-corrected chi connectivity index (χ2v) is 2.84. The van der Waals surface area contributed by atoms with E-state index in [1.807, 2.05) is 0 Å². The van der Waals surface area contributed by atoms with Crippen LogP contribution in [0.4, 0.5) is 0 Å². The van der Waals surface area contributed by atoms with Gasteiger partial charge in [-0.05, 0) is 0 Å². The molecule has 0 aromatic heterocycles. The van der Waals surface area contributed by atoms with Crippen molar-refractivity contribution in [3.8, 4) is 0 Å². The van der Waals surface area contributed by atoms with E-state index in [1.165, 1.54) is 7.11 Å². The molecule has 0 atom stereocenters. The average molecular weight is 204 g/mol. The Labute approximate surface area is 81.6 Å². The number of methoxy groups -OCH3 is 1. The van der Waals surface area contributed by atoms with Crippen LogP contribution in [0.15, 0.2) is 0 Å². The van der Waals surface area contributed by atoms with Crippen molar-refractivity contribution in [3.05, 3.63) is 0 Å². The van der Waals surface area contributed by atoms with E-state index in [2.05, 4.69) is 22.3 Å². The van der Waals surface area contributed by atoms with Gasteiger partial charge in [0.15, 0.2) is 0 Å². The molecule has 0 spiro atoms. The van der Waals surface area contributed by atoms with Crippen molar-refractivity contribution in [3.63, 3.8) is 0 Å². The maximum absolute atomic E-state index is 10.9. The highest BCUT2D eigenvalue weighted by molar-refractivity contribution is 7.80. The molecule has 6 heteroatoms. The van der Waals surface area contributed by atoms with Crippen LogP contribution in [0.5, 0.6) is 0 Å². The first-order chi connectivity index (χ1) is 6.06. The summed E-state index contributed by atoms with van der Waals surface area (Å²) in [7, 11) is 1.29. The van der Waals surface area contributed by atoms with Crippen molar-refractivity contribution < 1.29 is 14.3 Å². The Balaban J connectivity index is 3.48. The summed E-state index contributed by atoms with van der Waals surface area (Å²) in [5.41, 5.74) is 5.13. The van der Waals surface area contributed by atoms with Gasteiger partial charge in [0, 0.05) is 6.54 Å². The molecule has 0 aliphatic carbocycles. The predicted molar refractivity (Wildman–Crippen MR) is 51.0 cm³/mol. The molecule has 0 fully saturated rings. The van der Waals surface area contributed by atoms with Crippen LogP contribution in [-0.4, -0.2) is 30.5 Å². The highest BCUT2D eigenvalue weighted by Crippen LogP contribution is 1.84. The highest BCUT2D eigenvalue weighted by Gasteiger charge is 2.04. The molecule has 0 heterocycles. The highest BCUT2D eigenvalue weighted by atomic mass is 32.1. The summed E-state index contributed by atoms with van der Waals surface area (Å²) >= 11 is 4.52. The summed E-state index contributed by atoms with van der Waals surface area (Å²) in [6, 6.07) is 0. The monoisotopic (exact) mass is 204 g/mol. The smallest absolute Gasteiger partial charge is 0.307 e. The van der Waals surface area contributed by atoms with Crippen LogP contribution in [0, 0.1) is 0 Å². The standard InChI is InChI=1S/C7H12N2O3S/c1-12-7(11)2-3-9-6(10)4-5(8)13/h2-4H2,1H3,(H2,8,13)(H,9,10). The summed E-state index contributed by atoms with van der Waals surface area (Å²) in [6.07, 6.45) is 0.163. The second kappa shape index (κ2) is 6.36. The third-order valence-corrected chi connectivity index (χ3v) is 1.36. The van der Waals surface area contributed by atoms with E-state index >= 15 is 0 Å². The number of hydrogen-bond donors (Lipinski definition) is 2. The minimum Gasteiger partial charge on any atom is -0.469 e. The van der Waals surface area contributed by atoms with Gasteiger partial charge in [-0.3, -0.25) is 9.59 Å². The summed E-state index contributed by atoms with van der Waals surface area (Å²) < 4.78 is 4.37. The molecule has 0 unspecified atom stereocenters. The first-order valence-corrected chi connectivity index (χ1v) is 4.09. The number of esters is 1. The van der Waals surface area contributed by atoms with Crippen LogP contribution < -0.4 is 11.1 Å². The van der Waals surface area contributed by atoms with Gasteiger partial charge in [-0.2, -0.15) is 0 Å². The minimum absolute atomic E-state index is 0.0104. The third kappa shape index (κ3) is 7.20. The number of carbonyl (C=O) groups excluding carboxylic acids is 2. The molecule has 13 heavy (non-hydrogen) atoms. The average Bonchev–Trinajstić information content (AvgIpc) is 2.02. The number of thiocarbonyl (C=S) groups is 1. The van der Waals surface area contributed by atoms with Crippen molar-refractivity contribution in [1.29, 1.82) is 0 Å². The van der Waals surface area contributed by atoms with Crippen LogP contribution in [0.1, 0.15) is 12.8 Å². The van der Waals surface area contributed by atoms with Gasteiger partial charge in [-0.1, -0.05) is 12.2 Å². The first kappa shape index (κ1) is 11.8. The van der Waals surface area contributed by atoms with Crippen molar-refractivity contribution in [2.75, 3.05) is 13.7 Å². The molecular formula is C7H12N2O3S. The quantitative estimate of drug-likeness (QED) is 0.459. The zero-order valence-electron chi connectivity index (χ0n) is 7.33. The van der Waals surface area contributed by atoms with Gasteiger partial charge in [0.1, 0.15) is 0 Å². The predicted octanol–water partition coefficient (Wildman–Crippen LogP) is -0.658. The Kier molecular flexibility index (Phi) is 5.79. The minimum atomic E-state index is -0.365. The van der Waals surface area contributed by atoms with E-state index in [-0.39, 0.29) is 36.3 Å². The lowest BCUT2D eigenvalue weighted by atomic mass is 10.3. The molecule has 3 N–H and O–H groups in total. The number of nitrogens with two attached hydrogens (primary N) is 1. The molecule has 0 aliphatic heterocycles. The molecule has 0 saturated heterocycles. The lowest BCUT2D eigenvalue weighted by molar-refractivity contribution is -0.140. The Hall–Kier alpha value is -1.17. The molecule has 0 aliphatic rings. The van der Waals surface area contributed by atoms with Crippen LogP contribution in [0.2, 0.25) is 0 Å². The number of nitrogens with one attached hydrogen (secondary N) is 1. The van der Waals surface area contributed by atoms with Gasteiger partial charge in [0.2, 0.25) is 5.91 Å². The second-order valence-electron chi connectivity index (χ2n) is 2.32. The van der Waals surface area contributed by atoms with E-state index in [0.29, 0.717) is 0 Å². The Morgan fingerprint density at radius 3 is 2.62 bits per heavy atom. The molecule has 74 valence electrons. The Bertz CT molecular complexity index is 218. The fourth-order valence-corrected chi connectivity index (χ4v) is 0.758. The molecule has 0 radical (unpaired) electrons. The number of rotatable bonds is 5. The molecule has 0 rings (SSSR count). The zero-order chi connectivity index (χ0) is 10.3. The van der Waals surface area contributed by atoms with Crippen LogP contribution >= 0.6 is 12.2 Å². The fraction of sp³-hybridized carbons (Fsp3) is 0.571. The summed E-state index contributed by atoms with van der Waals surface area (Å²) in [4.78, 5) is 21.6.